The summed E-state index contributed by atoms with van der Waals surface area (Å²) in [5.41, 5.74) is 1.10. The summed E-state index contributed by atoms with van der Waals surface area (Å²) in [7, 11) is 1.65. The fourth-order valence-electron chi connectivity index (χ4n) is 2.83. The zero-order valence-corrected chi connectivity index (χ0v) is 13.2. The zero-order valence-electron chi connectivity index (χ0n) is 12.5. The number of halogens is 1. The van der Waals surface area contributed by atoms with E-state index in [9.17, 15) is 0 Å². The van der Waals surface area contributed by atoms with Crippen molar-refractivity contribution in [3.05, 3.63) is 23.2 Å². The van der Waals surface area contributed by atoms with E-state index in [-0.39, 0.29) is 0 Å². The predicted molar refractivity (Wildman–Crippen MR) is 86.0 cm³/mol. The maximum atomic E-state index is 6.06. The van der Waals surface area contributed by atoms with Gasteiger partial charge in [-0.2, -0.15) is 0 Å². The summed E-state index contributed by atoms with van der Waals surface area (Å²) in [4.78, 5) is 2.57. The van der Waals surface area contributed by atoms with Crippen LogP contribution < -0.4 is 10.1 Å². The lowest BCUT2D eigenvalue weighted by molar-refractivity contribution is 0.285. The summed E-state index contributed by atoms with van der Waals surface area (Å²) < 4.78 is 5.27. The van der Waals surface area contributed by atoms with E-state index >= 15 is 0 Å². The molecule has 1 aliphatic rings. The van der Waals surface area contributed by atoms with Gasteiger partial charge in [0.1, 0.15) is 5.75 Å². The van der Waals surface area contributed by atoms with Gasteiger partial charge in [0, 0.05) is 24.3 Å². The van der Waals surface area contributed by atoms with Crippen LogP contribution in [0.1, 0.15) is 32.6 Å². The molecule has 0 bridgehead atoms. The third-order valence-electron chi connectivity index (χ3n) is 3.88. The predicted octanol–water partition coefficient (Wildman–Crippen LogP) is 4.03. The minimum atomic E-state index is 0.544. The van der Waals surface area contributed by atoms with E-state index < -0.39 is 0 Å². The van der Waals surface area contributed by atoms with Crippen molar-refractivity contribution in [3.63, 3.8) is 0 Å². The van der Waals surface area contributed by atoms with Crippen molar-refractivity contribution in [2.24, 2.45) is 0 Å². The molecule has 0 aliphatic carbocycles. The molecule has 0 radical (unpaired) electrons. The van der Waals surface area contributed by atoms with Crippen LogP contribution in [0.4, 0.5) is 5.69 Å². The number of ether oxygens (including phenoxy) is 1. The molecule has 3 nitrogen and oxygen atoms in total. The van der Waals surface area contributed by atoms with E-state index in [2.05, 4.69) is 17.1 Å². The fraction of sp³-hybridized carbons (Fsp3) is 0.625. The molecule has 2 rings (SSSR count). The Morgan fingerprint density at radius 3 is 2.95 bits per heavy atom. The second kappa shape index (κ2) is 7.75. The molecule has 1 N–H and O–H groups in total. The van der Waals surface area contributed by atoms with Crippen LogP contribution in [0, 0.1) is 0 Å². The summed E-state index contributed by atoms with van der Waals surface area (Å²) in [6.45, 7) is 5.90. The summed E-state index contributed by atoms with van der Waals surface area (Å²) in [5.74, 6) is 0.734. The molecule has 1 heterocycles. The average molecular weight is 297 g/mol. The minimum Gasteiger partial charge on any atom is -0.495 e. The second-order valence-electron chi connectivity index (χ2n) is 5.46. The molecule has 1 fully saturated rings. The Labute approximate surface area is 127 Å². The smallest absolute Gasteiger partial charge is 0.139 e. The lowest BCUT2D eigenvalue weighted by Gasteiger charge is -2.20. The number of nitrogens with zero attached hydrogens (tertiary/aromatic N) is 1. The first-order chi connectivity index (χ1) is 9.72. The Hall–Kier alpha value is -0.930. The number of anilines is 1. The van der Waals surface area contributed by atoms with Crippen LogP contribution in [0.5, 0.6) is 5.75 Å². The number of rotatable bonds is 5. The van der Waals surface area contributed by atoms with Crippen molar-refractivity contribution in [2.75, 3.05) is 32.1 Å². The topological polar surface area (TPSA) is 24.5 Å². The van der Waals surface area contributed by atoms with Gasteiger partial charge < -0.3 is 15.0 Å². The van der Waals surface area contributed by atoms with Crippen LogP contribution in [-0.2, 0) is 0 Å². The van der Waals surface area contributed by atoms with Gasteiger partial charge in [-0.25, -0.2) is 0 Å². The van der Waals surface area contributed by atoms with Gasteiger partial charge in [0.2, 0.25) is 0 Å². The molecule has 0 aromatic heterocycles. The number of hydrogen-bond acceptors (Lipinski definition) is 3. The SMILES string of the molecule is CCCN1CCCC(Nc2ccc(Cl)c(OC)c2)CC1. The van der Waals surface area contributed by atoms with E-state index in [1.165, 1.54) is 45.3 Å². The summed E-state index contributed by atoms with van der Waals surface area (Å²) >= 11 is 6.06. The molecule has 1 atom stereocenters. The number of hydrogen-bond donors (Lipinski definition) is 1. The van der Waals surface area contributed by atoms with E-state index in [0.717, 1.165) is 11.4 Å². The summed E-state index contributed by atoms with van der Waals surface area (Å²) in [6, 6.07) is 6.45. The molecular formula is C16H25ClN2O. The third kappa shape index (κ3) is 4.29. The zero-order chi connectivity index (χ0) is 14.4. The van der Waals surface area contributed by atoms with Crippen LogP contribution in [0.25, 0.3) is 0 Å². The largest absolute Gasteiger partial charge is 0.495 e. The first kappa shape index (κ1) is 15.5. The normalized spacial score (nSPS) is 20.4. The quantitative estimate of drug-likeness (QED) is 0.888. The van der Waals surface area contributed by atoms with Crippen molar-refractivity contribution < 1.29 is 4.74 Å². The van der Waals surface area contributed by atoms with Gasteiger partial charge >= 0.3 is 0 Å². The Kier molecular flexibility index (Phi) is 5.99. The van der Waals surface area contributed by atoms with Crippen molar-refractivity contribution >= 4 is 17.3 Å². The van der Waals surface area contributed by atoms with E-state index in [4.69, 9.17) is 16.3 Å². The van der Waals surface area contributed by atoms with Crippen molar-refractivity contribution in [1.82, 2.24) is 4.90 Å². The van der Waals surface area contributed by atoms with Crippen LogP contribution in [0.3, 0.4) is 0 Å². The van der Waals surface area contributed by atoms with Gasteiger partial charge in [0.05, 0.1) is 12.1 Å². The highest BCUT2D eigenvalue weighted by atomic mass is 35.5. The standard InChI is InChI=1S/C16H25ClN2O/c1-3-9-19-10-4-5-13(8-11-19)18-14-6-7-15(17)16(12-14)20-2/h6-7,12-13,18H,3-5,8-11H2,1-2H3. The summed E-state index contributed by atoms with van der Waals surface area (Å²) in [6.07, 6.45) is 4.94. The molecule has 4 heteroatoms. The number of benzene rings is 1. The first-order valence-electron chi connectivity index (χ1n) is 7.55. The molecular weight excluding hydrogens is 272 g/mol. The Bertz CT molecular complexity index is 425. The highest BCUT2D eigenvalue weighted by Crippen LogP contribution is 2.28. The van der Waals surface area contributed by atoms with Crippen molar-refractivity contribution in [3.8, 4) is 5.75 Å². The lowest BCUT2D eigenvalue weighted by Crippen LogP contribution is -2.27. The highest BCUT2D eigenvalue weighted by Gasteiger charge is 2.16. The number of likely N-dealkylation sites (tertiary alicyclic amines) is 1. The number of methoxy groups -OCH3 is 1. The summed E-state index contributed by atoms with van der Waals surface area (Å²) in [5, 5.41) is 4.28. The minimum absolute atomic E-state index is 0.544. The molecule has 1 unspecified atom stereocenters. The van der Waals surface area contributed by atoms with Crippen LogP contribution in [-0.4, -0.2) is 37.7 Å². The maximum Gasteiger partial charge on any atom is 0.139 e. The van der Waals surface area contributed by atoms with Gasteiger partial charge in [-0.1, -0.05) is 18.5 Å². The molecule has 1 saturated heterocycles. The van der Waals surface area contributed by atoms with Crippen molar-refractivity contribution in [2.45, 2.75) is 38.6 Å². The Morgan fingerprint density at radius 2 is 2.20 bits per heavy atom. The van der Waals surface area contributed by atoms with Gasteiger partial charge in [0.15, 0.2) is 0 Å². The van der Waals surface area contributed by atoms with Gasteiger partial charge in [0.25, 0.3) is 0 Å². The molecule has 20 heavy (non-hydrogen) atoms. The van der Waals surface area contributed by atoms with Crippen LogP contribution >= 0.6 is 11.6 Å². The third-order valence-corrected chi connectivity index (χ3v) is 4.19. The monoisotopic (exact) mass is 296 g/mol. The highest BCUT2D eigenvalue weighted by molar-refractivity contribution is 6.32. The van der Waals surface area contributed by atoms with E-state index in [0.29, 0.717) is 11.1 Å². The molecule has 112 valence electrons. The maximum absolute atomic E-state index is 6.06. The average Bonchev–Trinajstić information content (AvgIpc) is 2.67. The molecule has 1 aromatic rings. The first-order valence-corrected chi connectivity index (χ1v) is 7.93. The second-order valence-corrected chi connectivity index (χ2v) is 5.87. The molecule has 1 aromatic carbocycles. The van der Waals surface area contributed by atoms with Gasteiger partial charge in [-0.15, -0.1) is 0 Å². The van der Waals surface area contributed by atoms with Gasteiger partial charge in [-0.05, 0) is 50.9 Å². The number of nitrogens with one attached hydrogen (secondary N) is 1. The van der Waals surface area contributed by atoms with Crippen LogP contribution in [0.2, 0.25) is 5.02 Å². The van der Waals surface area contributed by atoms with E-state index in [1.54, 1.807) is 7.11 Å². The van der Waals surface area contributed by atoms with Gasteiger partial charge in [-0.3, -0.25) is 0 Å². The van der Waals surface area contributed by atoms with Crippen molar-refractivity contribution in [1.29, 1.82) is 0 Å². The fourth-order valence-corrected chi connectivity index (χ4v) is 3.02. The molecule has 0 saturated carbocycles. The Balaban J connectivity index is 1.93. The molecule has 0 spiro atoms. The molecule has 0 amide bonds. The van der Waals surface area contributed by atoms with E-state index in [1.807, 2.05) is 18.2 Å². The lowest BCUT2D eigenvalue weighted by atomic mass is 10.1. The van der Waals surface area contributed by atoms with Crippen LogP contribution in [0.15, 0.2) is 18.2 Å². The molecule has 1 aliphatic heterocycles. The Morgan fingerprint density at radius 1 is 1.35 bits per heavy atom.